The van der Waals surface area contributed by atoms with Gasteiger partial charge in [0.15, 0.2) is 0 Å². The maximum Gasteiger partial charge on any atom is 0.234 e. The quantitative estimate of drug-likeness (QED) is 0.943. The van der Waals surface area contributed by atoms with E-state index in [1.54, 1.807) is 0 Å². The van der Waals surface area contributed by atoms with Gasteiger partial charge in [0.25, 0.3) is 0 Å². The van der Waals surface area contributed by atoms with Crippen LogP contribution in [-0.4, -0.2) is 27.5 Å². The number of imidazole rings is 1. The first-order valence-electron chi connectivity index (χ1n) is 7.21. The van der Waals surface area contributed by atoms with Crippen molar-refractivity contribution in [1.82, 2.24) is 9.55 Å². The largest absolute Gasteiger partial charge is 0.334 e. The number of carbonyl (C=O) groups excluding carboxylic acids is 1. The van der Waals surface area contributed by atoms with Crippen LogP contribution in [0.2, 0.25) is 0 Å². The standard InChI is InChI=1S/C16H19N3OS/c1-21-11-16(20)17-13-7-5-12(6-8-13)14-10-19-9-3-2-4-15(19)18-14/h5-8,10H,2-4,9,11H2,1H3,(H,17,20). The highest BCUT2D eigenvalue weighted by molar-refractivity contribution is 7.99. The van der Waals surface area contributed by atoms with E-state index >= 15 is 0 Å². The van der Waals surface area contributed by atoms with Crippen LogP contribution in [0, 0.1) is 0 Å². The van der Waals surface area contributed by atoms with Crippen molar-refractivity contribution in [3.8, 4) is 11.3 Å². The van der Waals surface area contributed by atoms with E-state index in [0.717, 1.165) is 29.9 Å². The Kier molecular flexibility index (Phi) is 4.29. The number of amides is 1. The van der Waals surface area contributed by atoms with E-state index in [1.165, 1.54) is 30.4 Å². The summed E-state index contributed by atoms with van der Waals surface area (Å²) in [5.41, 5.74) is 2.95. The van der Waals surface area contributed by atoms with Gasteiger partial charge in [-0.2, -0.15) is 11.8 Å². The van der Waals surface area contributed by atoms with Gasteiger partial charge in [0.2, 0.25) is 5.91 Å². The SMILES string of the molecule is CSCC(=O)Nc1ccc(-c2cn3c(n2)CCCC3)cc1. The van der Waals surface area contributed by atoms with E-state index in [2.05, 4.69) is 16.1 Å². The summed E-state index contributed by atoms with van der Waals surface area (Å²) in [6.45, 7) is 1.07. The molecule has 0 unspecified atom stereocenters. The van der Waals surface area contributed by atoms with Crippen LogP contribution in [0.4, 0.5) is 5.69 Å². The summed E-state index contributed by atoms with van der Waals surface area (Å²) in [5, 5.41) is 2.89. The molecule has 21 heavy (non-hydrogen) atoms. The van der Waals surface area contributed by atoms with E-state index in [1.807, 2.05) is 30.5 Å². The minimum absolute atomic E-state index is 0.0349. The summed E-state index contributed by atoms with van der Waals surface area (Å²) in [6, 6.07) is 7.91. The Labute approximate surface area is 129 Å². The molecule has 5 heteroatoms. The Bertz CT molecular complexity index is 610. The van der Waals surface area contributed by atoms with Crippen molar-refractivity contribution in [3.63, 3.8) is 0 Å². The average molecular weight is 301 g/mol. The van der Waals surface area contributed by atoms with Crippen molar-refractivity contribution in [2.45, 2.75) is 25.8 Å². The summed E-state index contributed by atoms with van der Waals surface area (Å²) in [6.07, 6.45) is 7.60. The van der Waals surface area contributed by atoms with Gasteiger partial charge >= 0.3 is 0 Å². The molecule has 0 atom stereocenters. The van der Waals surface area contributed by atoms with E-state index in [0.29, 0.717) is 5.75 Å². The van der Waals surface area contributed by atoms with Gasteiger partial charge in [-0.3, -0.25) is 4.79 Å². The molecule has 1 amide bonds. The number of rotatable bonds is 4. The molecule has 1 aromatic heterocycles. The smallest absolute Gasteiger partial charge is 0.234 e. The molecule has 0 aliphatic carbocycles. The lowest BCUT2D eigenvalue weighted by Gasteiger charge is -2.11. The van der Waals surface area contributed by atoms with Crippen LogP contribution >= 0.6 is 11.8 Å². The van der Waals surface area contributed by atoms with Crippen LogP contribution in [0.5, 0.6) is 0 Å². The summed E-state index contributed by atoms with van der Waals surface area (Å²) in [4.78, 5) is 16.3. The molecule has 1 aliphatic heterocycles. The maximum absolute atomic E-state index is 11.6. The third-order valence-corrected chi connectivity index (χ3v) is 4.20. The molecule has 0 radical (unpaired) electrons. The van der Waals surface area contributed by atoms with Crippen LogP contribution in [0.3, 0.4) is 0 Å². The van der Waals surface area contributed by atoms with Gasteiger partial charge in [-0.25, -0.2) is 4.98 Å². The second kappa shape index (κ2) is 6.35. The second-order valence-electron chi connectivity index (χ2n) is 5.25. The van der Waals surface area contributed by atoms with Crippen molar-refractivity contribution < 1.29 is 4.79 Å². The van der Waals surface area contributed by atoms with Gasteiger partial charge in [-0.1, -0.05) is 12.1 Å². The highest BCUT2D eigenvalue weighted by Crippen LogP contribution is 2.23. The number of nitrogens with zero attached hydrogens (tertiary/aromatic N) is 2. The van der Waals surface area contributed by atoms with Gasteiger partial charge in [-0.05, 0) is 31.2 Å². The van der Waals surface area contributed by atoms with Gasteiger partial charge in [0.1, 0.15) is 5.82 Å². The van der Waals surface area contributed by atoms with Crippen molar-refractivity contribution >= 4 is 23.4 Å². The van der Waals surface area contributed by atoms with Crippen molar-refractivity contribution in [1.29, 1.82) is 0 Å². The molecule has 1 aromatic carbocycles. The zero-order valence-electron chi connectivity index (χ0n) is 12.1. The topological polar surface area (TPSA) is 46.9 Å². The fraction of sp³-hybridized carbons (Fsp3) is 0.375. The fourth-order valence-corrected chi connectivity index (χ4v) is 2.94. The number of benzene rings is 1. The molecule has 2 heterocycles. The van der Waals surface area contributed by atoms with Gasteiger partial charge < -0.3 is 9.88 Å². The lowest BCUT2D eigenvalue weighted by Crippen LogP contribution is -2.13. The normalized spacial score (nSPS) is 13.8. The second-order valence-corrected chi connectivity index (χ2v) is 6.12. The Morgan fingerprint density at radius 1 is 1.33 bits per heavy atom. The number of carbonyl (C=O) groups is 1. The monoisotopic (exact) mass is 301 g/mol. The number of aryl methyl sites for hydroxylation is 2. The van der Waals surface area contributed by atoms with Crippen LogP contribution in [-0.2, 0) is 17.8 Å². The van der Waals surface area contributed by atoms with Crippen LogP contribution < -0.4 is 5.32 Å². The maximum atomic E-state index is 11.6. The minimum Gasteiger partial charge on any atom is -0.334 e. The third-order valence-electron chi connectivity index (χ3n) is 3.65. The predicted molar refractivity (Wildman–Crippen MR) is 87.6 cm³/mol. The molecule has 0 saturated carbocycles. The highest BCUT2D eigenvalue weighted by atomic mass is 32.2. The molecule has 0 saturated heterocycles. The highest BCUT2D eigenvalue weighted by Gasteiger charge is 2.13. The zero-order valence-corrected chi connectivity index (χ0v) is 12.9. The number of hydrogen-bond acceptors (Lipinski definition) is 3. The summed E-state index contributed by atoms with van der Waals surface area (Å²) in [7, 11) is 0. The third kappa shape index (κ3) is 3.29. The summed E-state index contributed by atoms with van der Waals surface area (Å²) >= 11 is 1.52. The van der Waals surface area contributed by atoms with E-state index in [4.69, 9.17) is 4.98 Å². The molecule has 110 valence electrons. The summed E-state index contributed by atoms with van der Waals surface area (Å²) in [5.74, 6) is 1.71. The van der Waals surface area contributed by atoms with Crippen molar-refractivity contribution in [3.05, 3.63) is 36.3 Å². The first-order chi connectivity index (χ1) is 10.3. The number of nitrogens with one attached hydrogen (secondary N) is 1. The van der Waals surface area contributed by atoms with Crippen molar-refractivity contribution in [2.75, 3.05) is 17.3 Å². The minimum atomic E-state index is 0.0349. The zero-order chi connectivity index (χ0) is 14.7. The number of hydrogen-bond donors (Lipinski definition) is 1. The molecule has 0 bridgehead atoms. The molecule has 1 N–H and O–H groups in total. The van der Waals surface area contributed by atoms with Crippen LogP contribution in [0.1, 0.15) is 18.7 Å². The van der Waals surface area contributed by atoms with Gasteiger partial charge in [0, 0.05) is 30.4 Å². The Hall–Kier alpha value is -1.75. The average Bonchev–Trinajstić information content (AvgIpc) is 2.92. The first-order valence-corrected chi connectivity index (χ1v) is 8.61. The molecule has 0 spiro atoms. The fourth-order valence-electron chi connectivity index (χ4n) is 2.60. The van der Waals surface area contributed by atoms with E-state index in [-0.39, 0.29) is 5.91 Å². The first kappa shape index (κ1) is 14.2. The number of thioether (sulfide) groups is 1. The lowest BCUT2D eigenvalue weighted by atomic mass is 10.1. The number of aromatic nitrogens is 2. The van der Waals surface area contributed by atoms with Crippen molar-refractivity contribution in [2.24, 2.45) is 0 Å². The molecule has 4 nitrogen and oxygen atoms in total. The van der Waals surface area contributed by atoms with E-state index in [9.17, 15) is 4.79 Å². The van der Waals surface area contributed by atoms with Crippen LogP contribution in [0.25, 0.3) is 11.3 Å². The Balaban J connectivity index is 1.74. The molecule has 1 aliphatic rings. The molecule has 3 rings (SSSR count). The molecular weight excluding hydrogens is 282 g/mol. The summed E-state index contributed by atoms with van der Waals surface area (Å²) < 4.78 is 2.26. The Morgan fingerprint density at radius 3 is 2.86 bits per heavy atom. The van der Waals surface area contributed by atoms with E-state index < -0.39 is 0 Å². The number of anilines is 1. The van der Waals surface area contributed by atoms with Crippen LogP contribution in [0.15, 0.2) is 30.5 Å². The molecule has 0 fully saturated rings. The Morgan fingerprint density at radius 2 is 2.14 bits per heavy atom. The molecular formula is C16H19N3OS. The predicted octanol–water partition coefficient (Wildman–Crippen LogP) is 3.19. The number of fused-ring (bicyclic) bond motifs is 1. The van der Waals surface area contributed by atoms with Gasteiger partial charge in [0.05, 0.1) is 11.4 Å². The lowest BCUT2D eigenvalue weighted by molar-refractivity contribution is -0.113. The molecule has 2 aromatic rings. The van der Waals surface area contributed by atoms with Gasteiger partial charge in [-0.15, -0.1) is 0 Å².